The third kappa shape index (κ3) is 4.66. The van der Waals surface area contributed by atoms with Crippen LogP contribution in [0.1, 0.15) is 58.3 Å². The van der Waals surface area contributed by atoms with Crippen LogP contribution in [0.2, 0.25) is 0 Å². The molecular weight excluding hydrogens is 234 g/mol. The molecule has 1 aliphatic heterocycles. The maximum atomic E-state index is 4.60. The molecule has 2 aliphatic rings. The van der Waals surface area contributed by atoms with Crippen LogP contribution in [0.4, 0.5) is 0 Å². The Bertz CT molecular complexity index is 402. The first kappa shape index (κ1) is 14.0. The first-order valence-corrected chi connectivity index (χ1v) is 7.62. The van der Waals surface area contributed by atoms with E-state index in [-0.39, 0.29) is 0 Å². The zero-order valence-electron chi connectivity index (χ0n) is 12.0. The van der Waals surface area contributed by atoms with Crippen LogP contribution in [-0.2, 0) is 0 Å². The number of allylic oxidation sites excluding steroid dienone is 4. The number of nitrogens with one attached hydrogen (secondary N) is 1. The van der Waals surface area contributed by atoms with Crippen molar-refractivity contribution in [1.29, 1.82) is 0 Å². The van der Waals surface area contributed by atoms with Crippen molar-refractivity contribution in [2.45, 2.75) is 58.3 Å². The Morgan fingerprint density at radius 1 is 1.21 bits per heavy atom. The monoisotopic (exact) mass is 259 g/mol. The standard InChI is InChI=1S/C16H25N3/c1-2-3-4-8-13-17-16-12-11-15(18-19-16)14-9-6-5-7-10-14/h5-6,9H,2-4,7-8,10-13H2,1H3,(H,17,19). The summed E-state index contributed by atoms with van der Waals surface area (Å²) in [5, 5.41) is 4.48. The smallest absolute Gasteiger partial charge is 0.117 e. The second-order valence-corrected chi connectivity index (χ2v) is 5.22. The zero-order chi connectivity index (χ0) is 13.3. The Kier molecular flexibility index (Phi) is 5.86. The highest BCUT2D eigenvalue weighted by Gasteiger charge is 2.14. The average molecular weight is 259 g/mol. The average Bonchev–Trinajstić information content (AvgIpc) is 2.49. The Morgan fingerprint density at radius 3 is 2.84 bits per heavy atom. The van der Waals surface area contributed by atoms with Gasteiger partial charge in [0.15, 0.2) is 0 Å². The largest absolute Gasteiger partial charge is 0.271 e. The molecule has 0 radical (unpaired) electrons. The molecule has 0 aromatic rings. The highest BCUT2D eigenvalue weighted by Crippen LogP contribution is 2.18. The molecule has 3 heteroatoms. The lowest BCUT2D eigenvalue weighted by Gasteiger charge is -2.18. The summed E-state index contributed by atoms with van der Waals surface area (Å²) in [4.78, 5) is 4.60. The number of nitrogens with zero attached hydrogens (tertiary/aromatic N) is 2. The van der Waals surface area contributed by atoms with E-state index >= 15 is 0 Å². The van der Waals surface area contributed by atoms with Crippen molar-refractivity contribution in [2.24, 2.45) is 10.1 Å². The number of aliphatic imine (C=N–C) groups is 1. The molecule has 0 aromatic heterocycles. The predicted molar refractivity (Wildman–Crippen MR) is 82.7 cm³/mol. The SMILES string of the molecule is CCCCCCN=C1CCC(C2=CC=CCC2)=NN1. The quantitative estimate of drug-likeness (QED) is 0.720. The second-order valence-electron chi connectivity index (χ2n) is 5.22. The van der Waals surface area contributed by atoms with Crippen LogP contribution in [0.5, 0.6) is 0 Å². The molecule has 19 heavy (non-hydrogen) atoms. The fraction of sp³-hybridized carbons (Fsp3) is 0.625. The van der Waals surface area contributed by atoms with Crippen LogP contribution in [0.25, 0.3) is 0 Å². The van der Waals surface area contributed by atoms with Crippen molar-refractivity contribution >= 4 is 11.5 Å². The second kappa shape index (κ2) is 7.93. The summed E-state index contributed by atoms with van der Waals surface area (Å²) >= 11 is 0. The molecule has 3 nitrogen and oxygen atoms in total. The number of rotatable bonds is 6. The predicted octanol–water partition coefficient (Wildman–Crippen LogP) is 3.98. The molecule has 0 spiro atoms. The minimum absolute atomic E-state index is 0.943. The maximum Gasteiger partial charge on any atom is 0.117 e. The third-order valence-electron chi connectivity index (χ3n) is 3.62. The normalized spacial score (nSPS) is 21.0. The van der Waals surface area contributed by atoms with Crippen molar-refractivity contribution in [2.75, 3.05) is 6.54 Å². The van der Waals surface area contributed by atoms with Crippen LogP contribution >= 0.6 is 0 Å². The van der Waals surface area contributed by atoms with Crippen molar-refractivity contribution in [3.63, 3.8) is 0 Å². The summed E-state index contributed by atoms with van der Waals surface area (Å²) in [5.74, 6) is 1.06. The molecule has 0 unspecified atom stereocenters. The zero-order valence-corrected chi connectivity index (χ0v) is 12.0. The van der Waals surface area contributed by atoms with Gasteiger partial charge in [0.05, 0.1) is 5.71 Å². The molecule has 0 saturated carbocycles. The molecular formula is C16H25N3. The Balaban J connectivity index is 1.77. The van der Waals surface area contributed by atoms with Crippen LogP contribution < -0.4 is 5.43 Å². The lowest BCUT2D eigenvalue weighted by atomic mass is 9.97. The van der Waals surface area contributed by atoms with Gasteiger partial charge in [-0.2, -0.15) is 5.10 Å². The van der Waals surface area contributed by atoms with Gasteiger partial charge in [0, 0.05) is 13.0 Å². The number of hydrogen-bond donors (Lipinski definition) is 1. The molecule has 0 amide bonds. The van der Waals surface area contributed by atoms with Gasteiger partial charge in [0.1, 0.15) is 5.84 Å². The summed E-state index contributed by atoms with van der Waals surface area (Å²) in [6.45, 7) is 3.18. The van der Waals surface area contributed by atoms with Gasteiger partial charge >= 0.3 is 0 Å². The summed E-state index contributed by atoms with van der Waals surface area (Å²) in [5.41, 5.74) is 5.73. The van der Waals surface area contributed by atoms with Gasteiger partial charge in [0.25, 0.3) is 0 Å². The van der Waals surface area contributed by atoms with Crippen LogP contribution in [-0.4, -0.2) is 18.1 Å². The van der Waals surface area contributed by atoms with Crippen LogP contribution in [0.15, 0.2) is 33.9 Å². The first-order valence-electron chi connectivity index (χ1n) is 7.62. The van der Waals surface area contributed by atoms with E-state index in [4.69, 9.17) is 0 Å². The summed E-state index contributed by atoms with van der Waals surface area (Å²) in [7, 11) is 0. The summed E-state index contributed by atoms with van der Waals surface area (Å²) < 4.78 is 0. The van der Waals surface area contributed by atoms with E-state index in [0.717, 1.165) is 38.1 Å². The minimum atomic E-state index is 0.943. The van der Waals surface area contributed by atoms with Gasteiger partial charge in [-0.15, -0.1) is 0 Å². The van der Waals surface area contributed by atoms with Gasteiger partial charge in [-0.1, -0.05) is 44.4 Å². The lowest BCUT2D eigenvalue weighted by Crippen LogP contribution is -2.27. The van der Waals surface area contributed by atoms with Gasteiger partial charge in [0.2, 0.25) is 0 Å². The van der Waals surface area contributed by atoms with Crippen molar-refractivity contribution in [3.05, 3.63) is 23.8 Å². The topological polar surface area (TPSA) is 36.8 Å². The Hall–Kier alpha value is -1.38. The molecule has 104 valence electrons. The van der Waals surface area contributed by atoms with E-state index in [1.54, 1.807) is 0 Å². The van der Waals surface area contributed by atoms with E-state index in [9.17, 15) is 0 Å². The number of hydrazone groups is 1. The summed E-state index contributed by atoms with van der Waals surface area (Å²) in [6, 6.07) is 0. The Labute approximate surface area is 116 Å². The number of unbranched alkanes of at least 4 members (excludes halogenated alkanes) is 3. The molecule has 0 saturated heterocycles. The van der Waals surface area contributed by atoms with Crippen LogP contribution in [0.3, 0.4) is 0 Å². The van der Waals surface area contributed by atoms with Gasteiger partial charge < -0.3 is 0 Å². The van der Waals surface area contributed by atoms with Crippen molar-refractivity contribution in [3.8, 4) is 0 Å². The van der Waals surface area contributed by atoms with Crippen molar-refractivity contribution < 1.29 is 0 Å². The van der Waals surface area contributed by atoms with E-state index in [0.29, 0.717) is 0 Å². The highest BCUT2D eigenvalue weighted by atomic mass is 15.3. The molecule has 2 rings (SSSR count). The van der Waals surface area contributed by atoms with E-state index in [1.807, 2.05) is 0 Å². The molecule has 0 bridgehead atoms. The molecule has 0 atom stereocenters. The van der Waals surface area contributed by atoms with E-state index in [1.165, 1.54) is 37.0 Å². The highest BCUT2D eigenvalue weighted by molar-refractivity contribution is 6.04. The van der Waals surface area contributed by atoms with Gasteiger partial charge in [-0.3, -0.25) is 10.4 Å². The number of hydrogen-bond acceptors (Lipinski definition) is 2. The fourth-order valence-electron chi connectivity index (χ4n) is 2.42. The van der Waals surface area contributed by atoms with E-state index in [2.05, 4.69) is 40.7 Å². The molecule has 1 N–H and O–H groups in total. The maximum absolute atomic E-state index is 4.60. The van der Waals surface area contributed by atoms with Crippen LogP contribution in [0, 0.1) is 0 Å². The molecule has 1 heterocycles. The minimum Gasteiger partial charge on any atom is -0.271 e. The third-order valence-corrected chi connectivity index (χ3v) is 3.62. The molecule has 1 aliphatic carbocycles. The van der Waals surface area contributed by atoms with Gasteiger partial charge in [-0.25, -0.2) is 0 Å². The lowest BCUT2D eigenvalue weighted by molar-refractivity contribution is 0.672. The fourth-order valence-corrected chi connectivity index (χ4v) is 2.42. The summed E-state index contributed by atoms with van der Waals surface area (Å²) in [6.07, 6.45) is 15.9. The van der Waals surface area contributed by atoms with Crippen molar-refractivity contribution in [1.82, 2.24) is 5.43 Å². The molecule has 0 aromatic carbocycles. The first-order chi connectivity index (χ1) is 9.40. The molecule has 0 fully saturated rings. The number of amidine groups is 1. The van der Waals surface area contributed by atoms with Gasteiger partial charge in [-0.05, 0) is 31.3 Å². The Morgan fingerprint density at radius 2 is 2.16 bits per heavy atom. The van der Waals surface area contributed by atoms with E-state index < -0.39 is 0 Å².